The van der Waals surface area contributed by atoms with Gasteiger partial charge in [-0.3, -0.25) is 0 Å². The number of nitrogens with zero attached hydrogens (tertiary/aromatic N) is 2. The highest BCUT2D eigenvalue weighted by atomic mass is 35.5. The third kappa shape index (κ3) is 2.14. The van der Waals surface area contributed by atoms with Crippen LogP contribution in [0.15, 0.2) is 12.5 Å². The fourth-order valence-electron chi connectivity index (χ4n) is 2.06. The molecule has 2 rings (SSSR count). The summed E-state index contributed by atoms with van der Waals surface area (Å²) < 4.78 is 28.7. The average molecular weight is 235 g/mol. The van der Waals surface area contributed by atoms with Gasteiger partial charge in [-0.05, 0) is 12.8 Å². The van der Waals surface area contributed by atoms with Crippen molar-refractivity contribution in [1.29, 1.82) is 0 Å². The van der Waals surface area contributed by atoms with Gasteiger partial charge in [0.25, 0.3) is 5.92 Å². The normalized spacial score (nSPS) is 25.4. The SMILES string of the molecule is FC1(F)CCCCC1n1cnc(CCl)c1. The molecule has 1 atom stereocenters. The highest BCUT2D eigenvalue weighted by Gasteiger charge is 2.42. The zero-order valence-corrected chi connectivity index (χ0v) is 9.05. The number of halogens is 3. The van der Waals surface area contributed by atoms with Gasteiger partial charge in [-0.15, -0.1) is 11.6 Å². The van der Waals surface area contributed by atoms with Crippen molar-refractivity contribution in [3.8, 4) is 0 Å². The van der Waals surface area contributed by atoms with E-state index >= 15 is 0 Å². The molecular formula is C10H13ClF2N2. The highest BCUT2D eigenvalue weighted by molar-refractivity contribution is 6.16. The Morgan fingerprint density at radius 3 is 2.93 bits per heavy atom. The maximum Gasteiger partial charge on any atom is 0.268 e. The van der Waals surface area contributed by atoms with Crippen LogP contribution in [0.4, 0.5) is 8.78 Å². The van der Waals surface area contributed by atoms with Crippen LogP contribution in [-0.4, -0.2) is 15.5 Å². The van der Waals surface area contributed by atoms with Crippen LogP contribution in [0, 0.1) is 0 Å². The van der Waals surface area contributed by atoms with Crippen LogP contribution >= 0.6 is 11.6 Å². The summed E-state index contributed by atoms with van der Waals surface area (Å²) in [6.07, 6.45) is 5.05. The van der Waals surface area contributed by atoms with Crippen molar-refractivity contribution < 1.29 is 8.78 Å². The summed E-state index contributed by atoms with van der Waals surface area (Å²) >= 11 is 5.59. The van der Waals surface area contributed by atoms with Crippen LogP contribution in [0.3, 0.4) is 0 Å². The second-order valence-corrected chi connectivity index (χ2v) is 4.24. The first-order chi connectivity index (χ1) is 7.13. The van der Waals surface area contributed by atoms with Gasteiger partial charge in [0.15, 0.2) is 0 Å². The Kier molecular flexibility index (Phi) is 2.96. The molecule has 1 aromatic heterocycles. The molecule has 2 nitrogen and oxygen atoms in total. The van der Waals surface area contributed by atoms with Gasteiger partial charge in [-0.25, -0.2) is 13.8 Å². The highest BCUT2D eigenvalue weighted by Crippen LogP contribution is 2.41. The van der Waals surface area contributed by atoms with Gasteiger partial charge in [0.2, 0.25) is 0 Å². The molecular weight excluding hydrogens is 222 g/mol. The van der Waals surface area contributed by atoms with Gasteiger partial charge in [-0.1, -0.05) is 6.42 Å². The molecule has 0 radical (unpaired) electrons. The second-order valence-electron chi connectivity index (χ2n) is 3.97. The molecule has 1 saturated carbocycles. The minimum atomic E-state index is -2.61. The van der Waals surface area contributed by atoms with E-state index in [1.807, 2.05) is 0 Å². The zero-order valence-electron chi connectivity index (χ0n) is 8.30. The third-order valence-electron chi connectivity index (χ3n) is 2.88. The van der Waals surface area contributed by atoms with Crippen LogP contribution in [-0.2, 0) is 5.88 Å². The summed E-state index contributed by atoms with van der Waals surface area (Å²) in [6, 6.07) is -0.740. The van der Waals surface area contributed by atoms with Gasteiger partial charge in [0.05, 0.1) is 23.9 Å². The summed E-state index contributed by atoms with van der Waals surface area (Å²) in [6.45, 7) is 0. The molecule has 0 aromatic carbocycles. The van der Waals surface area contributed by atoms with Crippen LogP contribution in [0.2, 0.25) is 0 Å². The molecule has 1 fully saturated rings. The van der Waals surface area contributed by atoms with Crippen molar-refractivity contribution in [2.24, 2.45) is 0 Å². The van der Waals surface area contributed by atoms with E-state index in [4.69, 9.17) is 11.6 Å². The molecule has 0 amide bonds. The predicted molar refractivity (Wildman–Crippen MR) is 54.2 cm³/mol. The predicted octanol–water partition coefficient (Wildman–Crippen LogP) is 3.37. The lowest BCUT2D eigenvalue weighted by Crippen LogP contribution is -2.33. The van der Waals surface area contributed by atoms with Crippen molar-refractivity contribution in [2.45, 2.75) is 43.5 Å². The maximum atomic E-state index is 13.6. The first-order valence-corrected chi connectivity index (χ1v) is 5.63. The fourth-order valence-corrected chi connectivity index (χ4v) is 2.20. The molecule has 5 heteroatoms. The standard InChI is InChI=1S/C10H13ClF2N2/c11-5-8-6-15(7-14-8)9-3-1-2-4-10(9,12)13/h6-7,9H,1-5H2. The molecule has 0 aliphatic heterocycles. The third-order valence-corrected chi connectivity index (χ3v) is 3.15. The number of hydrogen-bond acceptors (Lipinski definition) is 1. The van der Waals surface area contributed by atoms with Gasteiger partial charge in [0, 0.05) is 12.6 Å². The largest absolute Gasteiger partial charge is 0.328 e. The van der Waals surface area contributed by atoms with Crippen molar-refractivity contribution in [1.82, 2.24) is 9.55 Å². The minimum absolute atomic E-state index is 0.0218. The zero-order chi connectivity index (χ0) is 10.9. The molecule has 1 aliphatic carbocycles. The maximum absolute atomic E-state index is 13.6. The molecule has 0 spiro atoms. The van der Waals surface area contributed by atoms with E-state index in [-0.39, 0.29) is 12.3 Å². The van der Waals surface area contributed by atoms with E-state index in [1.165, 1.54) is 10.9 Å². The van der Waals surface area contributed by atoms with Crippen molar-refractivity contribution in [3.63, 3.8) is 0 Å². The van der Waals surface area contributed by atoms with Crippen molar-refractivity contribution >= 4 is 11.6 Å². The minimum Gasteiger partial charge on any atom is -0.328 e. The van der Waals surface area contributed by atoms with Gasteiger partial charge in [-0.2, -0.15) is 0 Å². The molecule has 0 N–H and O–H groups in total. The first-order valence-electron chi connectivity index (χ1n) is 5.09. The van der Waals surface area contributed by atoms with Gasteiger partial charge in [0.1, 0.15) is 0 Å². The van der Waals surface area contributed by atoms with E-state index in [0.29, 0.717) is 18.5 Å². The number of aromatic nitrogens is 2. The fraction of sp³-hybridized carbons (Fsp3) is 0.700. The van der Waals surface area contributed by atoms with E-state index in [1.54, 1.807) is 6.20 Å². The molecule has 1 heterocycles. The summed E-state index contributed by atoms with van der Waals surface area (Å²) in [5.41, 5.74) is 0.651. The van der Waals surface area contributed by atoms with Crippen molar-refractivity contribution in [3.05, 3.63) is 18.2 Å². The van der Waals surface area contributed by atoms with Crippen LogP contribution in [0.1, 0.15) is 37.4 Å². The summed E-state index contributed by atoms with van der Waals surface area (Å²) in [4.78, 5) is 3.97. The lowest BCUT2D eigenvalue weighted by molar-refractivity contribution is -0.0781. The average Bonchev–Trinajstić information content (AvgIpc) is 2.65. The van der Waals surface area contributed by atoms with E-state index in [9.17, 15) is 8.78 Å². The molecule has 1 unspecified atom stereocenters. The summed E-state index contributed by atoms with van der Waals surface area (Å²) in [7, 11) is 0. The topological polar surface area (TPSA) is 17.8 Å². The second kappa shape index (κ2) is 4.08. The van der Waals surface area contributed by atoms with Crippen LogP contribution in [0.25, 0.3) is 0 Å². The molecule has 84 valence electrons. The quantitative estimate of drug-likeness (QED) is 0.718. The molecule has 1 aliphatic rings. The Balaban J connectivity index is 2.21. The monoisotopic (exact) mass is 234 g/mol. The van der Waals surface area contributed by atoms with Crippen LogP contribution < -0.4 is 0 Å². The molecule has 0 saturated heterocycles. The molecule has 0 bridgehead atoms. The van der Waals surface area contributed by atoms with Crippen molar-refractivity contribution in [2.75, 3.05) is 0 Å². The lowest BCUT2D eigenvalue weighted by atomic mass is 9.91. The smallest absolute Gasteiger partial charge is 0.268 e. The Labute approximate surface area is 92.3 Å². The number of imidazole rings is 1. The van der Waals surface area contributed by atoms with E-state index in [2.05, 4.69) is 4.98 Å². The summed E-state index contributed by atoms with van der Waals surface area (Å²) in [5, 5.41) is 0. The summed E-state index contributed by atoms with van der Waals surface area (Å²) in [5.74, 6) is -2.34. The Bertz CT molecular complexity index is 338. The van der Waals surface area contributed by atoms with E-state index in [0.717, 1.165) is 6.42 Å². The first kappa shape index (κ1) is 10.9. The molecule has 15 heavy (non-hydrogen) atoms. The number of alkyl halides is 3. The number of hydrogen-bond donors (Lipinski definition) is 0. The van der Waals surface area contributed by atoms with Gasteiger partial charge < -0.3 is 4.57 Å². The van der Waals surface area contributed by atoms with E-state index < -0.39 is 12.0 Å². The van der Waals surface area contributed by atoms with Crippen LogP contribution in [0.5, 0.6) is 0 Å². The molecule has 1 aromatic rings. The Hall–Kier alpha value is -0.640. The number of rotatable bonds is 2. The Morgan fingerprint density at radius 2 is 2.33 bits per heavy atom. The Morgan fingerprint density at radius 1 is 1.53 bits per heavy atom. The lowest BCUT2D eigenvalue weighted by Gasteiger charge is -2.31. The van der Waals surface area contributed by atoms with Gasteiger partial charge >= 0.3 is 0 Å².